The molecule has 4 N–H and O–H groups in total. The Kier molecular flexibility index (Phi) is 12.7. The van der Waals surface area contributed by atoms with E-state index in [9.17, 15) is 27.9 Å². The smallest absolute Gasteiger partial charge is 0.481 e. The van der Waals surface area contributed by atoms with Gasteiger partial charge in [0.25, 0.3) is 5.91 Å². The molecule has 0 fully saturated rings. The van der Waals surface area contributed by atoms with Gasteiger partial charge in [-0.15, -0.1) is 0 Å². The van der Waals surface area contributed by atoms with E-state index >= 15 is 0 Å². The Labute approximate surface area is 259 Å². The number of alkyl halides is 3. The van der Waals surface area contributed by atoms with Crippen LogP contribution in [0.25, 0.3) is 10.9 Å². The second-order valence-corrected chi connectivity index (χ2v) is 10.5. The number of H-pyrrole nitrogens is 1. The zero-order valence-corrected chi connectivity index (χ0v) is 25.0. The van der Waals surface area contributed by atoms with Crippen LogP contribution in [0.5, 0.6) is 0 Å². The summed E-state index contributed by atoms with van der Waals surface area (Å²) in [6.45, 7) is 3.18. The number of nitrogens with zero attached hydrogens (tertiary/aromatic N) is 2. The van der Waals surface area contributed by atoms with Gasteiger partial charge >= 0.3 is 18.1 Å². The zero-order valence-electron chi connectivity index (χ0n) is 25.0. The molecule has 0 radical (unpaired) electrons. The van der Waals surface area contributed by atoms with Crippen LogP contribution < -0.4 is 5.43 Å². The van der Waals surface area contributed by atoms with Crippen LogP contribution in [0.3, 0.4) is 0 Å². The van der Waals surface area contributed by atoms with Crippen LogP contribution in [0.1, 0.15) is 34.8 Å². The number of amides is 1. The fraction of sp³-hybridized carbons (Fsp3) is 0.303. The maximum atomic E-state index is 13.2. The third kappa shape index (κ3) is 10.8. The van der Waals surface area contributed by atoms with Crippen molar-refractivity contribution in [3.63, 3.8) is 0 Å². The van der Waals surface area contributed by atoms with Crippen LogP contribution in [0, 0.1) is 0 Å². The zero-order chi connectivity index (χ0) is 33.0. The number of rotatable bonds is 13. The highest BCUT2D eigenvalue weighted by molar-refractivity contribution is 5.94. The minimum Gasteiger partial charge on any atom is -0.481 e. The number of carbonyl (C=O) groups is 3. The third-order valence-electron chi connectivity index (χ3n) is 7.10. The van der Waals surface area contributed by atoms with Gasteiger partial charge in [-0.1, -0.05) is 73.7 Å². The lowest BCUT2D eigenvalue weighted by Gasteiger charge is -2.36. The van der Waals surface area contributed by atoms with Crippen molar-refractivity contribution in [1.29, 1.82) is 0 Å². The van der Waals surface area contributed by atoms with E-state index in [0.717, 1.165) is 22.0 Å². The standard InChI is InChI=1S/C31H36N4O3.C2HF3O2/c1-3-35(33-26(20-30(36)37)19-25-21-32-29-17-11-10-16-28(25)29)27(18-23-12-6-4-7-13-23)22-34(2)31(38)24-14-8-5-9-15-24;3-2(4,5)1(6)7/h4-17,21,26-27,32-33H,3,18-20,22H2,1-2H3,(H,36,37);(H,6,7)/t26-,27-;/m0./s1. The molecule has 0 spiro atoms. The van der Waals surface area contributed by atoms with E-state index < -0.39 is 18.1 Å². The number of carbonyl (C=O) groups excluding carboxylic acids is 1. The lowest BCUT2D eigenvalue weighted by molar-refractivity contribution is -0.192. The van der Waals surface area contributed by atoms with E-state index in [-0.39, 0.29) is 24.4 Å². The van der Waals surface area contributed by atoms with Crippen molar-refractivity contribution in [3.8, 4) is 0 Å². The summed E-state index contributed by atoms with van der Waals surface area (Å²) < 4.78 is 31.7. The first-order chi connectivity index (χ1) is 21.4. The summed E-state index contributed by atoms with van der Waals surface area (Å²) in [5, 5.41) is 20.0. The number of hydrogen-bond donors (Lipinski definition) is 4. The fourth-order valence-corrected chi connectivity index (χ4v) is 4.99. The highest BCUT2D eigenvalue weighted by Crippen LogP contribution is 2.21. The summed E-state index contributed by atoms with van der Waals surface area (Å²) in [6, 6.07) is 27.1. The maximum absolute atomic E-state index is 13.2. The number of hydrazine groups is 1. The molecular weight excluding hydrogens is 589 g/mol. The summed E-state index contributed by atoms with van der Waals surface area (Å²) in [4.78, 5) is 38.9. The number of para-hydroxylation sites is 1. The Morgan fingerprint density at radius 1 is 0.889 bits per heavy atom. The van der Waals surface area contributed by atoms with Gasteiger partial charge in [0, 0.05) is 54.9 Å². The number of aromatic amines is 1. The lowest BCUT2D eigenvalue weighted by atomic mass is 10.0. The molecule has 0 saturated carbocycles. The van der Waals surface area contributed by atoms with Crippen LogP contribution in [-0.4, -0.2) is 81.3 Å². The number of halogens is 3. The Balaban J connectivity index is 0.000000707. The molecule has 240 valence electrons. The van der Waals surface area contributed by atoms with Crippen molar-refractivity contribution < 1.29 is 37.8 Å². The van der Waals surface area contributed by atoms with Crippen LogP contribution in [-0.2, 0) is 22.4 Å². The first kappa shape index (κ1) is 34.8. The molecule has 0 aliphatic heterocycles. The largest absolute Gasteiger partial charge is 0.490 e. The monoisotopic (exact) mass is 626 g/mol. The fourth-order valence-electron chi connectivity index (χ4n) is 4.99. The normalized spacial score (nSPS) is 12.7. The van der Waals surface area contributed by atoms with E-state index in [1.165, 1.54) is 0 Å². The van der Waals surface area contributed by atoms with Crippen LogP contribution in [0.2, 0.25) is 0 Å². The molecule has 1 heterocycles. The predicted molar refractivity (Wildman–Crippen MR) is 165 cm³/mol. The molecular formula is C33H37F3N4O5. The number of carboxylic acids is 2. The lowest BCUT2D eigenvalue weighted by Crippen LogP contribution is -2.55. The SMILES string of the molecule is CCN(N[C@H](CC(=O)O)Cc1c[nH]c2ccccc12)[C@@H](Cc1ccccc1)CN(C)C(=O)c1ccccc1.O=C(O)C(F)(F)F. The molecule has 0 bridgehead atoms. The topological polar surface area (TPSA) is 126 Å². The number of likely N-dealkylation sites (N-methyl/N-ethyl adjacent to an activating group) is 2. The molecule has 0 unspecified atom stereocenters. The van der Waals surface area contributed by atoms with Crippen molar-refractivity contribution in [1.82, 2.24) is 20.3 Å². The highest BCUT2D eigenvalue weighted by Gasteiger charge is 2.38. The number of fused-ring (bicyclic) bond motifs is 1. The van der Waals surface area contributed by atoms with Gasteiger partial charge in [-0.2, -0.15) is 13.2 Å². The molecule has 2 atom stereocenters. The summed E-state index contributed by atoms with van der Waals surface area (Å²) in [6.07, 6.45) is -1.87. The van der Waals surface area contributed by atoms with Gasteiger partial charge in [0.1, 0.15) is 0 Å². The van der Waals surface area contributed by atoms with Crippen LogP contribution in [0.15, 0.2) is 91.1 Å². The van der Waals surface area contributed by atoms with Gasteiger partial charge < -0.3 is 20.1 Å². The van der Waals surface area contributed by atoms with Crippen molar-refractivity contribution >= 4 is 28.7 Å². The third-order valence-corrected chi connectivity index (χ3v) is 7.10. The molecule has 0 aliphatic carbocycles. The summed E-state index contributed by atoms with van der Waals surface area (Å²) in [5.74, 6) is -3.65. The van der Waals surface area contributed by atoms with Crippen molar-refractivity contribution in [2.75, 3.05) is 20.1 Å². The van der Waals surface area contributed by atoms with Crippen molar-refractivity contribution in [2.24, 2.45) is 0 Å². The molecule has 3 aromatic carbocycles. The first-order valence-corrected chi connectivity index (χ1v) is 14.3. The minimum absolute atomic E-state index is 0.0210. The molecule has 4 rings (SSSR count). The van der Waals surface area contributed by atoms with Crippen molar-refractivity contribution in [3.05, 3.63) is 108 Å². The Morgan fingerprint density at radius 3 is 2.04 bits per heavy atom. The molecule has 0 saturated heterocycles. The Hall–Kier alpha value is -4.68. The summed E-state index contributed by atoms with van der Waals surface area (Å²) >= 11 is 0. The van der Waals surface area contributed by atoms with E-state index in [2.05, 4.69) is 33.6 Å². The van der Waals surface area contributed by atoms with Gasteiger partial charge in [0.15, 0.2) is 0 Å². The average Bonchev–Trinajstić information content (AvgIpc) is 3.42. The second kappa shape index (κ2) is 16.4. The molecule has 12 heteroatoms. The molecule has 45 heavy (non-hydrogen) atoms. The van der Waals surface area contributed by atoms with Gasteiger partial charge in [-0.25, -0.2) is 9.80 Å². The number of aromatic nitrogens is 1. The number of carboxylic acid groups (broad SMARTS) is 2. The summed E-state index contributed by atoms with van der Waals surface area (Å²) in [5.41, 5.74) is 7.46. The average molecular weight is 627 g/mol. The van der Waals surface area contributed by atoms with E-state index in [0.29, 0.717) is 31.5 Å². The predicted octanol–water partition coefficient (Wildman–Crippen LogP) is 5.40. The van der Waals surface area contributed by atoms with Gasteiger partial charge in [0.05, 0.1) is 6.42 Å². The van der Waals surface area contributed by atoms with Gasteiger partial charge in [0.2, 0.25) is 0 Å². The molecule has 4 aromatic rings. The molecule has 0 aliphatic rings. The Bertz CT molecular complexity index is 1530. The number of hydrogen-bond acceptors (Lipinski definition) is 5. The van der Waals surface area contributed by atoms with Crippen LogP contribution >= 0.6 is 0 Å². The first-order valence-electron chi connectivity index (χ1n) is 14.3. The van der Waals surface area contributed by atoms with E-state index in [1.54, 1.807) is 4.90 Å². The van der Waals surface area contributed by atoms with Crippen molar-refractivity contribution in [2.45, 2.75) is 44.4 Å². The van der Waals surface area contributed by atoms with Gasteiger partial charge in [-0.05, 0) is 42.2 Å². The Morgan fingerprint density at radius 2 is 1.47 bits per heavy atom. The summed E-state index contributed by atoms with van der Waals surface area (Å²) in [7, 11) is 1.82. The maximum Gasteiger partial charge on any atom is 0.490 e. The van der Waals surface area contributed by atoms with Gasteiger partial charge in [-0.3, -0.25) is 15.0 Å². The molecule has 1 aromatic heterocycles. The van der Waals surface area contributed by atoms with E-state index in [1.807, 2.05) is 86.9 Å². The molecule has 1 amide bonds. The quantitative estimate of drug-likeness (QED) is 0.147. The second-order valence-electron chi connectivity index (χ2n) is 10.5. The van der Waals surface area contributed by atoms with Crippen LogP contribution in [0.4, 0.5) is 13.2 Å². The minimum atomic E-state index is -5.08. The molecule has 9 nitrogen and oxygen atoms in total. The van der Waals surface area contributed by atoms with E-state index in [4.69, 9.17) is 9.90 Å². The number of aliphatic carboxylic acids is 2. The highest BCUT2D eigenvalue weighted by atomic mass is 19.4. The number of nitrogens with one attached hydrogen (secondary N) is 2. The number of benzene rings is 3.